The number of ketones is 1. The molecule has 0 radical (unpaired) electrons. The van der Waals surface area contributed by atoms with E-state index < -0.39 is 15.7 Å². The van der Waals surface area contributed by atoms with Gasteiger partial charge in [0.25, 0.3) is 0 Å². The third kappa shape index (κ3) is 3.29. The van der Waals surface area contributed by atoms with Crippen LogP contribution < -0.4 is 0 Å². The molecule has 0 aliphatic heterocycles. The van der Waals surface area contributed by atoms with Crippen molar-refractivity contribution in [3.63, 3.8) is 0 Å². The number of benzene rings is 1. The number of halogens is 1. The van der Waals surface area contributed by atoms with Crippen molar-refractivity contribution in [3.05, 3.63) is 35.9 Å². The molecule has 20 heavy (non-hydrogen) atoms. The minimum atomic E-state index is -1.38. The summed E-state index contributed by atoms with van der Waals surface area (Å²) in [5.41, 5.74) is -0.113. The van der Waals surface area contributed by atoms with Crippen LogP contribution >= 0.6 is 15.9 Å². The first kappa shape index (κ1) is 16.9. The molecule has 1 aromatic carbocycles. The molecule has 0 bridgehead atoms. The van der Waals surface area contributed by atoms with E-state index in [1.165, 1.54) is 0 Å². The Balaban J connectivity index is 3.19. The molecule has 0 fully saturated rings. The maximum atomic E-state index is 12.8. The number of rotatable bonds is 5. The Morgan fingerprint density at radius 3 is 2.15 bits per heavy atom. The average molecular weight is 341 g/mol. The summed E-state index contributed by atoms with van der Waals surface area (Å²) < 4.78 is 3.84. The molecule has 3 nitrogen and oxygen atoms in total. The lowest BCUT2D eigenvalue weighted by Crippen LogP contribution is -2.52. The van der Waals surface area contributed by atoms with E-state index in [1.807, 2.05) is 33.8 Å². The Bertz CT molecular complexity index is 476. The van der Waals surface area contributed by atoms with Crippen LogP contribution in [-0.2, 0) is 9.53 Å². The fraction of sp³-hybridized carbons (Fsp3) is 0.500. The number of hydrogen-bond acceptors (Lipinski definition) is 3. The lowest BCUT2D eigenvalue weighted by Gasteiger charge is -2.36. The van der Waals surface area contributed by atoms with Gasteiger partial charge in [0.15, 0.2) is 10.1 Å². The van der Waals surface area contributed by atoms with Gasteiger partial charge < -0.3 is 4.74 Å². The zero-order valence-electron chi connectivity index (χ0n) is 12.4. The first-order chi connectivity index (χ1) is 9.25. The average Bonchev–Trinajstić information content (AvgIpc) is 2.42. The van der Waals surface area contributed by atoms with Gasteiger partial charge in [-0.25, -0.2) is 0 Å². The molecule has 0 spiro atoms. The summed E-state index contributed by atoms with van der Waals surface area (Å²) in [7, 11) is 0. The van der Waals surface area contributed by atoms with Gasteiger partial charge in [0.2, 0.25) is 0 Å². The monoisotopic (exact) mass is 340 g/mol. The first-order valence-corrected chi connectivity index (χ1v) is 7.50. The topological polar surface area (TPSA) is 43.4 Å². The molecule has 0 saturated carbocycles. The van der Waals surface area contributed by atoms with Gasteiger partial charge >= 0.3 is 5.97 Å². The predicted molar refractivity (Wildman–Crippen MR) is 83.1 cm³/mol. The van der Waals surface area contributed by atoms with Crippen molar-refractivity contribution in [1.29, 1.82) is 0 Å². The highest BCUT2D eigenvalue weighted by Crippen LogP contribution is 2.42. The molecule has 1 rings (SSSR count). The van der Waals surface area contributed by atoms with E-state index in [4.69, 9.17) is 4.74 Å². The standard InChI is InChI=1S/C16H21BrO3/c1-5-11-20-14(19)16(17,15(2,3)4)13(18)12-9-7-6-8-10-12/h6-10H,5,11H2,1-4H3. The van der Waals surface area contributed by atoms with Crippen LogP contribution in [0.15, 0.2) is 30.3 Å². The highest BCUT2D eigenvalue weighted by atomic mass is 79.9. The Labute approximate surface area is 128 Å². The summed E-state index contributed by atoms with van der Waals surface area (Å²) in [6, 6.07) is 8.80. The highest BCUT2D eigenvalue weighted by Gasteiger charge is 2.54. The Hall–Kier alpha value is -1.16. The van der Waals surface area contributed by atoms with Crippen molar-refractivity contribution in [2.75, 3.05) is 6.61 Å². The Kier molecular flexibility index (Phi) is 5.51. The Morgan fingerprint density at radius 1 is 1.15 bits per heavy atom. The van der Waals surface area contributed by atoms with Crippen LogP contribution in [0.2, 0.25) is 0 Å². The summed E-state index contributed by atoms with van der Waals surface area (Å²) >= 11 is 3.38. The number of esters is 1. The summed E-state index contributed by atoms with van der Waals surface area (Å²) in [6.45, 7) is 7.75. The second-order valence-electron chi connectivity index (χ2n) is 5.74. The fourth-order valence-electron chi connectivity index (χ4n) is 1.82. The van der Waals surface area contributed by atoms with Crippen LogP contribution in [0, 0.1) is 5.41 Å². The van der Waals surface area contributed by atoms with Crippen LogP contribution in [0.5, 0.6) is 0 Å². The normalized spacial score (nSPS) is 14.4. The van der Waals surface area contributed by atoms with E-state index >= 15 is 0 Å². The maximum Gasteiger partial charge on any atom is 0.331 e. The summed E-state index contributed by atoms with van der Waals surface area (Å²) in [5, 5.41) is 0. The number of Topliss-reactive ketones (excluding diaryl/α,β-unsaturated/α-hetero) is 1. The number of carbonyl (C=O) groups is 2. The van der Waals surface area contributed by atoms with E-state index in [0.29, 0.717) is 12.2 Å². The van der Waals surface area contributed by atoms with Crippen LogP contribution in [0.1, 0.15) is 44.5 Å². The molecule has 1 atom stereocenters. The van der Waals surface area contributed by atoms with Crippen LogP contribution in [0.3, 0.4) is 0 Å². The molecule has 1 unspecified atom stereocenters. The molecule has 0 heterocycles. The Morgan fingerprint density at radius 2 is 1.70 bits per heavy atom. The van der Waals surface area contributed by atoms with Crippen molar-refractivity contribution >= 4 is 27.7 Å². The summed E-state index contributed by atoms with van der Waals surface area (Å²) in [5.74, 6) is -0.799. The van der Waals surface area contributed by atoms with E-state index in [-0.39, 0.29) is 5.78 Å². The largest absolute Gasteiger partial charge is 0.464 e. The zero-order valence-corrected chi connectivity index (χ0v) is 14.0. The number of ether oxygens (including phenoxy) is 1. The number of hydrogen-bond donors (Lipinski definition) is 0. The van der Waals surface area contributed by atoms with Gasteiger partial charge in [-0.2, -0.15) is 0 Å². The minimum Gasteiger partial charge on any atom is -0.464 e. The minimum absolute atomic E-state index is 0.272. The van der Waals surface area contributed by atoms with Gasteiger partial charge in [0.05, 0.1) is 6.61 Å². The summed E-state index contributed by atoms with van der Waals surface area (Å²) in [4.78, 5) is 25.2. The van der Waals surface area contributed by atoms with Gasteiger partial charge in [-0.1, -0.05) is 74.0 Å². The number of carbonyl (C=O) groups excluding carboxylic acids is 2. The lowest BCUT2D eigenvalue weighted by molar-refractivity contribution is -0.147. The number of alkyl halides is 1. The van der Waals surface area contributed by atoms with E-state index in [0.717, 1.165) is 6.42 Å². The predicted octanol–water partition coefficient (Wildman–Crippen LogP) is 4.00. The molecule has 0 aliphatic carbocycles. The molecule has 0 aliphatic rings. The molecule has 4 heteroatoms. The zero-order chi connectivity index (χ0) is 15.4. The van der Waals surface area contributed by atoms with Crippen molar-refractivity contribution in [2.24, 2.45) is 5.41 Å². The SMILES string of the molecule is CCCOC(=O)C(Br)(C(=O)c1ccccc1)C(C)(C)C. The lowest BCUT2D eigenvalue weighted by atomic mass is 9.76. The van der Waals surface area contributed by atoms with Gasteiger partial charge in [0.1, 0.15) is 0 Å². The van der Waals surface area contributed by atoms with Crippen LogP contribution in [-0.4, -0.2) is 22.7 Å². The van der Waals surface area contributed by atoms with Gasteiger partial charge in [-0.3, -0.25) is 9.59 Å². The quantitative estimate of drug-likeness (QED) is 0.352. The van der Waals surface area contributed by atoms with Gasteiger partial charge in [-0.05, 0) is 11.8 Å². The molecule has 0 aromatic heterocycles. The van der Waals surface area contributed by atoms with E-state index in [1.54, 1.807) is 24.3 Å². The highest BCUT2D eigenvalue weighted by molar-refractivity contribution is 9.10. The second-order valence-corrected chi connectivity index (χ2v) is 6.93. The smallest absolute Gasteiger partial charge is 0.331 e. The molecule has 110 valence electrons. The fourth-order valence-corrected chi connectivity index (χ4v) is 2.17. The van der Waals surface area contributed by atoms with Gasteiger partial charge in [-0.15, -0.1) is 0 Å². The molecular weight excluding hydrogens is 320 g/mol. The third-order valence-electron chi connectivity index (χ3n) is 3.10. The van der Waals surface area contributed by atoms with E-state index in [2.05, 4.69) is 15.9 Å². The first-order valence-electron chi connectivity index (χ1n) is 6.71. The van der Waals surface area contributed by atoms with Crippen LogP contribution in [0.25, 0.3) is 0 Å². The molecule has 0 N–H and O–H groups in total. The van der Waals surface area contributed by atoms with Crippen molar-refractivity contribution in [3.8, 4) is 0 Å². The van der Waals surface area contributed by atoms with Gasteiger partial charge in [0, 0.05) is 5.56 Å². The second kappa shape index (κ2) is 6.53. The molecule has 1 aromatic rings. The molecule has 0 saturated heterocycles. The van der Waals surface area contributed by atoms with E-state index in [9.17, 15) is 9.59 Å². The van der Waals surface area contributed by atoms with Crippen molar-refractivity contribution in [2.45, 2.75) is 38.4 Å². The summed E-state index contributed by atoms with van der Waals surface area (Å²) in [6.07, 6.45) is 0.721. The maximum absolute atomic E-state index is 12.8. The molecule has 0 amide bonds. The van der Waals surface area contributed by atoms with Crippen LogP contribution in [0.4, 0.5) is 0 Å². The van der Waals surface area contributed by atoms with Crippen molar-refractivity contribution in [1.82, 2.24) is 0 Å². The van der Waals surface area contributed by atoms with Crippen molar-refractivity contribution < 1.29 is 14.3 Å². The third-order valence-corrected chi connectivity index (χ3v) is 4.97. The molecular formula is C16H21BrO3.